The van der Waals surface area contributed by atoms with Gasteiger partial charge in [-0.25, -0.2) is 0 Å². The maximum Gasteiger partial charge on any atom is 0.0317 e. The first-order valence-electron chi connectivity index (χ1n) is 5.37. The van der Waals surface area contributed by atoms with Crippen LogP contribution >= 0.6 is 15.9 Å². The SMILES string of the molecule is CC(C)NCCCc1cc(N)ccc1Br. The van der Waals surface area contributed by atoms with Crippen molar-refractivity contribution in [2.75, 3.05) is 12.3 Å². The Kier molecular flexibility index (Phi) is 5.12. The van der Waals surface area contributed by atoms with E-state index in [9.17, 15) is 0 Å². The summed E-state index contributed by atoms with van der Waals surface area (Å²) in [4.78, 5) is 0. The zero-order valence-corrected chi connectivity index (χ0v) is 11.0. The van der Waals surface area contributed by atoms with Crippen molar-refractivity contribution in [1.29, 1.82) is 0 Å². The zero-order chi connectivity index (χ0) is 11.3. The van der Waals surface area contributed by atoms with E-state index in [1.165, 1.54) is 5.56 Å². The highest BCUT2D eigenvalue weighted by molar-refractivity contribution is 9.10. The number of aryl methyl sites for hydroxylation is 1. The lowest BCUT2D eigenvalue weighted by atomic mass is 10.1. The van der Waals surface area contributed by atoms with E-state index in [4.69, 9.17) is 5.73 Å². The predicted molar refractivity (Wildman–Crippen MR) is 70.0 cm³/mol. The molecule has 0 aromatic heterocycles. The summed E-state index contributed by atoms with van der Waals surface area (Å²) in [5.74, 6) is 0. The number of nitrogens with one attached hydrogen (secondary N) is 1. The molecule has 0 amide bonds. The van der Waals surface area contributed by atoms with Gasteiger partial charge in [0.2, 0.25) is 0 Å². The summed E-state index contributed by atoms with van der Waals surface area (Å²) >= 11 is 3.54. The Balaban J connectivity index is 2.40. The molecule has 15 heavy (non-hydrogen) atoms. The molecule has 3 heteroatoms. The second-order valence-corrected chi connectivity index (χ2v) is 4.92. The van der Waals surface area contributed by atoms with Crippen molar-refractivity contribution in [3.05, 3.63) is 28.2 Å². The van der Waals surface area contributed by atoms with Gasteiger partial charge < -0.3 is 11.1 Å². The Hall–Kier alpha value is -0.540. The van der Waals surface area contributed by atoms with Gasteiger partial charge >= 0.3 is 0 Å². The third-order valence-corrected chi connectivity index (χ3v) is 3.02. The topological polar surface area (TPSA) is 38.0 Å². The average molecular weight is 271 g/mol. The highest BCUT2D eigenvalue weighted by atomic mass is 79.9. The number of hydrogen-bond acceptors (Lipinski definition) is 2. The minimum absolute atomic E-state index is 0.564. The Morgan fingerprint density at radius 1 is 1.40 bits per heavy atom. The number of benzene rings is 1. The van der Waals surface area contributed by atoms with Crippen LogP contribution in [-0.4, -0.2) is 12.6 Å². The van der Waals surface area contributed by atoms with Crippen molar-refractivity contribution in [1.82, 2.24) is 5.32 Å². The van der Waals surface area contributed by atoms with Crippen LogP contribution in [0.2, 0.25) is 0 Å². The monoisotopic (exact) mass is 270 g/mol. The van der Waals surface area contributed by atoms with Gasteiger partial charge in [-0.2, -0.15) is 0 Å². The maximum absolute atomic E-state index is 5.74. The molecule has 0 fully saturated rings. The van der Waals surface area contributed by atoms with Gasteiger partial charge in [0, 0.05) is 16.2 Å². The molecule has 0 aliphatic carbocycles. The van der Waals surface area contributed by atoms with Gasteiger partial charge in [-0.3, -0.25) is 0 Å². The normalized spacial score (nSPS) is 10.9. The van der Waals surface area contributed by atoms with Crippen LogP contribution in [0.5, 0.6) is 0 Å². The van der Waals surface area contributed by atoms with Crippen LogP contribution in [0.4, 0.5) is 5.69 Å². The van der Waals surface area contributed by atoms with Crippen LogP contribution < -0.4 is 11.1 Å². The fourth-order valence-electron chi connectivity index (χ4n) is 1.46. The standard InChI is InChI=1S/C12H19BrN2/c1-9(2)15-7-3-4-10-8-11(14)5-6-12(10)13/h5-6,8-9,15H,3-4,7,14H2,1-2H3. The van der Waals surface area contributed by atoms with E-state index in [0.717, 1.165) is 29.5 Å². The van der Waals surface area contributed by atoms with Crippen molar-refractivity contribution in [3.63, 3.8) is 0 Å². The molecule has 0 aliphatic heterocycles. The molecule has 0 bridgehead atoms. The quantitative estimate of drug-likeness (QED) is 0.638. The van der Waals surface area contributed by atoms with Crippen molar-refractivity contribution >= 4 is 21.6 Å². The molecule has 0 aliphatic rings. The van der Waals surface area contributed by atoms with E-state index in [1.54, 1.807) is 0 Å². The highest BCUT2D eigenvalue weighted by Crippen LogP contribution is 2.20. The number of nitrogen functional groups attached to an aromatic ring is 1. The minimum atomic E-state index is 0.564. The molecule has 3 N–H and O–H groups in total. The molecular formula is C12H19BrN2. The molecule has 1 aromatic carbocycles. The third kappa shape index (κ3) is 4.67. The molecule has 0 spiro atoms. The van der Waals surface area contributed by atoms with E-state index in [1.807, 2.05) is 18.2 Å². The van der Waals surface area contributed by atoms with E-state index >= 15 is 0 Å². The van der Waals surface area contributed by atoms with Gasteiger partial charge in [-0.1, -0.05) is 29.8 Å². The summed E-state index contributed by atoms with van der Waals surface area (Å²) in [6.45, 7) is 5.38. The Bertz CT molecular complexity index is 310. The van der Waals surface area contributed by atoms with Crippen LogP contribution in [0.3, 0.4) is 0 Å². The van der Waals surface area contributed by atoms with Gasteiger partial charge in [0.05, 0.1) is 0 Å². The van der Waals surface area contributed by atoms with E-state index in [2.05, 4.69) is 35.1 Å². The van der Waals surface area contributed by atoms with Crippen LogP contribution in [0.25, 0.3) is 0 Å². The van der Waals surface area contributed by atoms with E-state index in [-0.39, 0.29) is 0 Å². The van der Waals surface area contributed by atoms with E-state index in [0.29, 0.717) is 6.04 Å². The molecular weight excluding hydrogens is 252 g/mol. The van der Waals surface area contributed by atoms with Crippen molar-refractivity contribution in [2.24, 2.45) is 0 Å². The lowest BCUT2D eigenvalue weighted by Crippen LogP contribution is -2.23. The van der Waals surface area contributed by atoms with Gasteiger partial charge in [-0.15, -0.1) is 0 Å². The van der Waals surface area contributed by atoms with Crippen LogP contribution in [0.15, 0.2) is 22.7 Å². The van der Waals surface area contributed by atoms with Gasteiger partial charge in [0.25, 0.3) is 0 Å². The molecule has 1 rings (SSSR count). The fourth-order valence-corrected chi connectivity index (χ4v) is 1.90. The van der Waals surface area contributed by atoms with Crippen molar-refractivity contribution in [2.45, 2.75) is 32.7 Å². The second kappa shape index (κ2) is 6.13. The Morgan fingerprint density at radius 3 is 2.80 bits per heavy atom. The largest absolute Gasteiger partial charge is 0.399 e. The summed E-state index contributed by atoms with van der Waals surface area (Å²) in [6, 6.07) is 6.54. The highest BCUT2D eigenvalue weighted by Gasteiger charge is 2.00. The number of anilines is 1. The molecule has 0 unspecified atom stereocenters. The van der Waals surface area contributed by atoms with Gasteiger partial charge in [0.15, 0.2) is 0 Å². The molecule has 0 atom stereocenters. The van der Waals surface area contributed by atoms with Crippen molar-refractivity contribution < 1.29 is 0 Å². The first-order valence-corrected chi connectivity index (χ1v) is 6.16. The Labute approximate surface area is 100 Å². The summed E-state index contributed by atoms with van der Waals surface area (Å²) < 4.78 is 1.15. The number of nitrogens with two attached hydrogens (primary N) is 1. The summed E-state index contributed by atoms with van der Waals surface area (Å²) in [6.07, 6.45) is 2.20. The van der Waals surface area contributed by atoms with Crippen LogP contribution in [-0.2, 0) is 6.42 Å². The number of hydrogen-bond donors (Lipinski definition) is 2. The minimum Gasteiger partial charge on any atom is -0.399 e. The predicted octanol–water partition coefficient (Wildman–Crippen LogP) is 2.96. The van der Waals surface area contributed by atoms with Crippen LogP contribution in [0, 0.1) is 0 Å². The molecule has 2 nitrogen and oxygen atoms in total. The lowest BCUT2D eigenvalue weighted by molar-refractivity contribution is 0.570. The molecule has 84 valence electrons. The first kappa shape index (κ1) is 12.5. The van der Waals surface area contributed by atoms with Gasteiger partial charge in [0.1, 0.15) is 0 Å². The number of halogens is 1. The van der Waals surface area contributed by atoms with E-state index < -0.39 is 0 Å². The molecule has 0 saturated carbocycles. The Morgan fingerprint density at radius 2 is 2.13 bits per heavy atom. The lowest BCUT2D eigenvalue weighted by Gasteiger charge is -2.09. The van der Waals surface area contributed by atoms with Crippen LogP contribution in [0.1, 0.15) is 25.8 Å². The molecule has 0 heterocycles. The first-order chi connectivity index (χ1) is 7.09. The zero-order valence-electron chi connectivity index (χ0n) is 9.39. The summed E-state index contributed by atoms with van der Waals surface area (Å²) in [7, 11) is 0. The fraction of sp³-hybridized carbons (Fsp3) is 0.500. The molecule has 0 radical (unpaired) electrons. The summed E-state index contributed by atoms with van der Waals surface area (Å²) in [5, 5.41) is 3.40. The second-order valence-electron chi connectivity index (χ2n) is 4.06. The molecule has 1 aromatic rings. The van der Waals surface area contributed by atoms with Gasteiger partial charge in [-0.05, 0) is 43.1 Å². The smallest absolute Gasteiger partial charge is 0.0317 e. The third-order valence-electron chi connectivity index (χ3n) is 2.25. The maximum atomic E-state index is 5.74. The number of rotatable bonds is 5. The van der Waals surface area contributed by atoms with Crippen molar-refractivity contribution in [3.8, 4) is 0 Å². The summed E-state index contributed by atoms with van der Waals surface area (Å²) in [5.41, 5.74) is 7.87. The molecule has 0 saturated heterocycles. The average Bonchev–Trinajstić information content (AvgIpc) is 2.17.